The van der Waals surface area contributed by atoms with Crippen molar-refractivity contribution in [2.45, 2.75) is 13.5 Å². The molecule has 24 heavy (non-hydrogen) atoms. The van der Waals surface area contributed by atoms with Crippen LogP contribution < -0.4 is 11.0 Å². The molecule has 2 heterocycles. The highest BCUT2D eigenvalue weighted by Gasteiger charge is 2.20. The van der Waals surface area contributed by atoms with Crippen molar-refractivity contribution >= 4 is 46.8 Å². The van der Waals surface area contributed by atoms with Crippen molar-refractivity contribution in [2.75, 3.05) is 0 Å². The number of hydrogen-bond acceptors (Lipinski definition) is 5. The SMILES string of the molecule is Cc1nc2nc(Cl)c(B(O)O)cc2c(=O)n1Cc1ccc(Cl)cc1. The molecule has 0 atom stereocenters. The lowest BCUT2D eigenvalue weighted by Gasteiger charge is -2.12. The van der Waals surface area contributed by atoms with E-state index >= 15 is 0 Å². The van der Waals surface area contributed by atoms with E-state index < -0.39 is 7.12 Å². The van der Waals surface area contributed by atoms with E-state index in [0.29, 0.717) is 17.4 Å². The van der Waals surface area contributed by atoms with E-state index in [1.165, 1.54) is 10.6 Å². The second-order valence-corrected chi connectivity index (χ2v) is 6.08. The second kappa shape index (κ2) is 6.53. The molecule has 1 aromatic carbocycles. The molecule has 0 spiro atoms. The van der Waals surface area contributed by atoms with Gasteiger partial charge in [0, 0.05) is 10.5 Å². The van der Waals surface area contributed by atoms with Crippen molar-refractivity contribution in [3.8, 4) is 0 Å². The molecule has 0 aliphatic heterocycles. The Morgan fingerprint density at radius 2 is 1.83 bits per heavy atom. The van der Waals surface area contributed by atoms with Crippen LogP contribution in [0.25, 0.3) is 11.0 Å². The highest BCUT2D eigenvalue weighted by atomic mass is 35.5. The fourth-order valence-corrected chi connectivity index (χ4v) is 2.74. The minimum Gasteiger partial charge on any atom is -0.423 e. The fourth-order valence-electron chi connectivity index (χ4n) is 2.39. The Morgan fingerprint density at radius 1 is 1.17 bits per heavy atom. The maximum absolute atomic E-state index is 12.8. The average Bonchev–Trinajstić information content (AvgIpc) is 2.52. The van der Waals surface area contributed by atoms with Crippen molar-refractivity contribution in [1.29, 1.82) is 0 Å². The first-order valence-corrected chi connectivity index (χ1v) is 7.80. The predicted molar refractivity (Wildman–Crippen MR) is 93.9 cm³/mol. The Hall–Kier alpha value is -1.93. The van der Waals surface area contributed by atoms with Crippen LogP contribution in [0, 0.1) is 6.92 Å². The minimum atomic E-state index is -1.82. The third-order valence-electron chi connectivity index (χ3n) is 3.65. The van der Waals surface area contributed by atoms with E-state index in [9.17, 15) is 14.8 Å². The molecule has 0 saturated carbocycles. The van der Waals surface area contributed by atoms with Gasteiger partial charge in [-0.05, 0) is 30.7 Å². The molecule has 0 bridgehead atoms. The molecule has 0 amide bonds. The van der Waals surface area contributed by atoms with Crippen LogP contribution in [0.3, 0.4) is 0 Å². The first kappa shape index (κ1) is 16.9. The Morgan fingerprint density at radius 3 is 2.46 bits per heavy atom. The van der Waals surface area contributed by atoms with Crippen LogP contribution in [0.5, 0.6) is 0 Å². The van der Waals surface area contributed by atoms with Gasteiger partial charge in [0.2, 0.25) is 0 Å². The highest BCUT2D eigenvalue weighted by molar-refractivity contribution is 6.62. The van der Waals surface area contributed by atoms with Gasteiger partial charge in [-0.2, -0.15) is 0 Å². The van der Waals surface area contributed by atoms with Crippen molar-refractivity contribution in [3.63, 3.8) is 0 Å². The molecule has 122 valence electrons. The molecule has 2 N–H and O–H groups in total. The average molecular weight is 364 g/mol. The molecule has 0 aliphatic rings. The van der Waals surface area contributed by atoms with Gasteiger partial charge >= 0.3 is 7.12 Å². The van der Waals surface area contributed by atoms with E-state index in [-0.39, 0.29) is 27.2 Å². The Kier molecular flexibility index (Phi) is 4.60. The van der Waals surface area contributed by atoms with Crippen LogP contribution in [0.2, 0.25) is 10.2 Å². The van der Waals surface area contributed by atoms with E-state index in [1.54, 1.807) is 19.1 Å². The monoisotopic (exact) mass is 363 g/mol. The van der Waals surface area contributed by atoms with Crippen molar-refractivity contribution in [3.05, 3.63) is 62.2 Å². The fraction of sp³-hybridized carbons (Fsp3) is 0.133. The predicted octanol–water partition coefficient (Wildman–Crippen LogP) is 1.13. The number of rotatable bonds is 3. The molecule has 6 nitrogen and oxygen atoms in total. The van der Waals surface area contributed by atoms with E-state index in [0.717, 1.165) is 5.56 Å². The lowest BCUT2D eigenvalue weighted by Crippen LogP contribution is -2.33. The molecule has 3 aromatic rings. The quantitative estimate of drug-likeness (QED) is 0.538. The van der Waals surface area contributed by atoms with Gasteiger partial charge in [0.15, 0.2) is 5.65 Å². The number of hydrogen-bond donors (Lipinski definition) is 2. The van der Waals surface area contributed by atoms with Gasteiger partial charge in [0.1, 0.15) is 11.0 Å². The number of nitrogens with zero attached hydrogens (tertiary/aromatic N) is 3. The van der Waals surface area contributed by atoms with Gasteiger partial charge in [0.05, 0.1) is 11.9 Å². The van der Waals surface area contributed by atoms with E-state index in [2.05, 4.69) is 9.97 Å². The van der Waals surface area contributed by atoms with Crippen LogP contribution in [0.1, 0.15) is 11.4 Å². The standard InChI is InChI=1S/C15H12BCl2N3O3/c1-8-19-14-11(6-12(16(23)24)13(18)20-14)15(22)21(8)7-9-2-4-10(17)5-3-9/h2-6,23-24H,7H2,1H3. The number of fused-ring (bicyclic) bond motifs is 1. The first-order valence-electron chi connectivity index (χ1n) is 7.05. The molecule has 9 heteroatoms. The molecular formula is C15H12BCl2N3O3. The van der Waals surface area contributed by atoms with Gasteiger partial charge in [-0.3, -0.25) is 9.36 Å². The smallest absolute Gasteiger partial charge is 0.423 e. The lowest BCUT2D eigenvalue weighted by molar-refractivity contribution is 0.425. The third-order valence-corrected chi connectivity index (χ3v) is 4.20. The number of aromatic nitrogens is 3. The summed E-state index contributed by atoms with van der Waals surface area (Å²) in [4.78, 5) is 21.0. The van der Waals surface area contributed by atoms with Crippen LogP contribution in [0.4, 0.5) is 0 Å². The molecule has 0 aliphatic carbocycles. The zero-order chi connectivity index (χ0) is 17.4. The van der Waals surface area contributed by atoms with Crippen molar-refractivity contribution in [2.24, 2.45) is 0 Å². The molecule has 0 fully saturated rings. The third kappa shape index (κ3) is 3.16. The van der Waals surface area contributed by atoms with Gasteiger partial charge in [-0.15, -0.1) is 0 Å². The normalized spacial score (nSPS) is 11.0. The van der Waals surface area contributed by atoms with Crippen LogP contribution in [-0.4, -0.2) is 31.7 Å². The first-order chi connectivity index (χ1) is 11.4. The number of pyridine rings is 1. The number of benzene rings is 1. The Bertz CT molecular complexity index is 974. The van der Waals surface area contributed by atoms with E-state index in [4.69, 9.17) is 23.2 Å². The van der Waals surface area contributed by atoms with Crippen molar-refractivity contribution in [1.82, 2.24) is 14.5 Å². The maximum atomic E-state index is 12.8. The van der Waals surface area contributed by atoms with E-state index in [1.807, 2.05) is 12.1 Å². The molecule has 0 saturated heterocycles. The number of aryl methyl sites for hydroxylation is 1. The summed E-state index contributed by atoms with van der Waals surface area (Å²) in [5.74, 6) is 0.475. The van der Waals surface area contributed by atoms with Gasteiger partial charge in [-0.1, -0.05) is 35.3 Å². The zero-order valence-corrected chi connectivity index (χ0v) is 14.1. The number of halogens is 2. The zero-order valence-electron chi connectivity index (χ0n) is 12.6. The molecular weight excluding hydrogens is 352 g/mol. The summed E-state index contributed by atoms with van der Waals surface area (Å²) in [6.07, 6.45) is 0. The lowest BCUT2D eigenvalue weighted by atomic mass is 9.81. The molecule has 0 radical (unpaired) electrons. The van der Waals surface area contributed by atoms with Crippen LogP contribution >= 0.6 is 23.2 Å². The summed E-state index contributed by atoms with van der Waals surface area (Å²) >= 11 is 11.8. The van der Waals surface area contributed by atoms with Gasteiger partial charge in [-0.25, -0.2) is 9.97 Å². The highest BCUT2D eigenvalue weighted by Crippen LogP contribution is 2.13. The van der Waals surface area contributed by atoms with Crippen LogP contribution in [0.15, 0.2) is 35.1 Å². The molecule has 0 unspecified atom stereocenters. The summed E-state index contributed by atoms with van der Waals surface area (Å²) in [7, 11) is -1.82. The maximum Gasteiger partial charge on any atom is 0.491 e. The summed E-state index contributed by atoms with van der Waals surface area (Å²) in [5.41, 5.74) is 0.679. The van der Waals surface area contributed by atoms with Gasteiger partial charge in [0.25, 0.3) is 5.56 Å². The molecule has 3 rings (SSSR count). The van der Waals surface area contributed by atoms with Gasteiger partial charge < -0.3 is 10.0 Å². The summed E-state index contributed by atoms with van der Waals surface area (Å²) in [6, 6.07) is 8.44. The summed E-state index contributed by atoms with van der Waals surface area (Å²) in [6.45, 7) is 2.01. The summed E-state index contributed by atoms with van der Waals surface area (Å²) in [5, 5.41) is 19.3. The second-order valence-electron chi connectivity index (χ2n) is 5.29. The van der Waals surface area contributed by atoms with Crippen molar-refractivity contribution < 1.29 is 10.0 Å². The topological polar surface area (TPSA) is 88.2 Å². The Labute approximate surface area is 147 Å². The Balaban J connectivity index is 2.16. The largest absolute Gasteiger partial charge is 0.491 e. The van der Waals surface area contributed by atoms with Crippen LogP contribution in [-0.2, 0) is 6.54 Å². The molecule has 2 aromatic heterocycles. The minimum absolute atomic E-state index is 0.0371. The summed E-state index contributed by atoms with van der Waals surface area (Å²) < 4.78 is 1.48.